The minimum atomic E-state index is -1.51. The number of nitrogens with one attached hydrogen (secondary N) is 1. The number of hydrogen-bond acceptors (Lipinski definition) is 8. The minimum absolute atomic E-state index is 0.0339. The van der Waals surface area contributed by atoms with Crippen LogP contribution in [0.5, 0.6) is 5.75 Å². The monoisotopic (exact) mass is 559 g/mol. The number of azide groups is 1. The molecule has 4 rings (SSSR count). The van der Waals surface area contributed by atoms with E-state index in [2.05, 4.69) is 15.3 Å². The molecule has 1 aliphatic heterocycles. The molecule has 0 radical (unpaired) electrons. The normalized spacial score (nSPS) is 18.5. The lowest BCUT2D eigenvalue weighted by Gasteiger charge is -2.32. The lowest BCUT2D eigenvalue weighted by molar-refractivity contribution is -0.129. The lowest BCUT2D eigenvalue weighted by Crippen LogP contribution is -2.51. The highest BCUT2D eigenvalue weighted by Crippen LogP contribution is 2.43. The predicted octanol–water partition coefficient (Wildman–Crippen LogP) is 3.23. The number of aliphatic hydroxyl groups is 3. The van der Waals surface area contributed by atoms with Gasteiger partial charge in [0.15, 0.2) is 11.6 Å². The van der Waals surface area contributed by atoms with Crippen molar-refractivity contribution in [3.05, 3.63) is 112 Å². The van der Waals surface area contributed by atoms with E-state index in [1.54, 1.807) is 24.3 Å². The number of rotatable bonds is 14. The first-order chi connectivity index (χ1) is 20.0. The van der Waals surface area contributed by atoms with Crippen LogP contribution in [0, 0.1) is 0 Å². The number of amides is 1. The molecule has 3 aromatic carbocycles. The zero-order valence-corrected chi connectivity index (χ0v) is 22.5. The van der Waals surface area contributed by atoms with Gasteiger partial charge in [0.2, 0.25) is 5.90 Å². The number of nitrogens with zero attached hydrogens (tertiary/aromatic N) is 4. The summed E-state index contributed by atoms with van der Waals surface area (Å²) >= 11 is 0. The number of hydrogen-bond donors (Lipinski definition) is 4. The minimum Gasteiger partial charge on any atom is -0.494 e. The van der Waals surface area contributed by atoms with Crippen LogP contribution in [-0.2, 0) is 22.5 Å². The smallest absolute Gasteiger partial charge is 0.252 e. The molecular formula is C30H33N5O6. The topological polar surface area (TPSA) is 169 Å². The van der Waals surface area contributed by atoms with Gasteiger partial charge in [-0.05, 0) is 46.5 Å². The van der Waals surface area contributed by atoms with Crippen molar-refractivity contribution in [1.29, 1.82) is 0 Å². The van der Waals surface area contributed by atoms with Crippen LogP contribution < -0.4 is 10.1 Å². The molecule has 0 bridgehead atoms. The molecule has 3 aromatic rings. The van der Waals surface area contributed by atoms with Crippen molar-refractivity contribution in [2.45, 2.75) is 37.1 Å². The Balaban J connectivity index is 1.81. The maximum absolute atomic E-state index is 14.1. The van der Waals surface area contributed by atoms with Gasteiger partial charge < -0.3 is 30.1 Å². The summed E-state index contributed by atoms with van der Waals surface area (Å²) in [6.45, 7) is -0.233. The van der Waals surface area contributed by atoms with E-state index in [-0.39, 0.29) is 32.0 Å². The van der Waals surface area contributed by atoms with Gasteiger partial charge in [-0.3, -0.25) is 4.79 Å². The average molecular weight is 560 g/mol. The summed E-state index contributed by atoms with van der Waals surface area (Å²) in [6, 6.07) is 23.8. The maximum atomic E-state index is 14.1. The molecule has 11 nitrogen and oxygen atoms in total. The fraction of sp³-hybridized carbons (Fsp3) is 0.333. The summed E-state index contributed by atoms with van der Waals surface area (Å²) in [5.41, 5.74) is 10.2. The van der Waals surface area contributed by atoms with Crippen molar-refractivity contribution in [2.24, 2.45) is 10.1 Å². The van der Waals surface area contributed by atoms with Crippen LogP contribution in [0.25, 0.3) is 10.4 Å². The summed E-state index contributed by atoms with van der Waals surface area (Å²) in [5, 5.41) is 34.8. The van der Waals surface area contributed by atoms with Crippen LogP contribution in [0.15, 0.2) is 89.0 Å². The summed E-state index contributed by atoms with van der Waals surface area (Å²) < 4.78 is 12.1. The van der Waals surface area contributed by atoms with E-state index in [4.69, 9.17) is 25.1 Å². The molecule has 0 saturated carbocycles. The van der Waals surface area contributed by atoms with Gasteiger partial charge >= 0.3 is 0 Å². The van der Waals surface area contributed by atoms with Gasteiger partial charge in [-0.15, -0.1) is 0 Å². The molecule has 0 aliphatic carbocycles. The summed E-state index contributed by atoms with van der Waals surface area (Å²) in [6.07, 6.45) is -1.38. The van der Waals surface area contributed by atoms with Gasteiger partial charge in [-0.2, -0.15) is 0 Å². The van der Waals surface area contributed by atoms with Gasteiger partial charge in [-0.25, -0.2) is 4.99 Å². The quantitative estimate of drug-likeness (QED) is 0.102. The number of benzene rings is 3. The van der Waals surface area contributed by atoms with Crippen LogP contribution in [0.4, 0.5) is 0 Å². The van der Waals surface area contributed by atoms with Crippen LogP contribution >= 0.6 is 0 Å². The molecule has 3 atom stereocenters. The first-order valence-corrected chi connectivity index (χ1v) is 13.3. The van der Waals surface area contributed by atoms with Crippen molar-refractivity contribution >= 4 is 11.8 Å². The number of carbonyl (C=O) groups is 1. The van der Waals surface area contributed by atoms with Gasteiger partial charge in [-0.1, -0.05) is 59.7 Å². The Hall–Kier alpha value is -4.41. The number of aliphatic imine (C=N–C) groups is 1. The van der Waals surface area contributed by atoms with Crippen molar-refractivity contribution in [1.82, 2.24) is 5.32 Å². The van der Waals surface area contributed by atoms with Gasteiger partial charge in [0.1, 0.15) is 5.75 Å². The second kappa shape index (κ2) is 14.3. The van der Waals surface area contributed by atoms with Crippen LogP contribution in [0.3, 0.4) is 0 Å². The Labute approximate surface area is 237 Å². The van der Waals surface area contributed by atoms with E-state index >= 15 is 0 Å². The van der Waals surface area contributed by atoms with Crippen molar-refractivity contribution in [3.8, 4) is 5.75 Å². The highest BCUT2D eigenvalue weighted by Gasteiger charge is 2.53. The maximum Gasteiger partial charge on any atom is 0.252 e. The highest BCUT2D eigenvalue weighted by atomic mass is 16.5. The van der Waals surface area contributed by atoms with Crippen LogP contribution in [0.2, 0.25) is 0 Å². The molecule has 0 spiro atoms. The summed E-state index contributed by atoms with van der Waals surface area (Å²) in [4.78, 5) is 21.9. The Bertz CT molecular complexity index is 1380. The van der Waals surface area contributed by atoms with Gasteiger partial charge in [0.05, 0.1) is 25.9 Å². The van der Waals surface area contributed by atoms with E-state index in [9.17, 15) is 15.0 Å². The zero-order valence-electron chi connectivity index (χ0n) is 22.5. The van der Waals surface area contributed by atoms with Crippen LogP contribution in [0.1, 0.15) is 34.8 Å². The van der Waals surface area contributed by atoms with Crippen molar-refractivity contribution in [2.75, 3.05) is 26.4 Å². The van der Waals surface area contributed by atoms with Gasteiger partial charge in [0.25, 0.3) is 5.91 Å². The van der Waals surface area contributed by atoms with Gasteiger partial charge in [0, 0.05) is 36.5 Å². The number of ether oxygens (including phenoxy) is 2. The third kappa shape index (κ3) is 7.22. The molecular weight excluding hydrogens is 526 g/mol. The Morgan fingerprint density at radius 3 is 2.54 bits per heavy atom. The fourth-order valence-electron chi connectivity index (χ4n) is 4.64. The molecule has 1 amide bonds. The molecule has 0 saturated heterocycles. The Morgan fingerprint density at radius 1 is 1.10 bits per heavy atom. The molecule has 11 heteroatoms. The van der Waals surface area contributed by atoms with E-state index in [0.29, 0.717) is 35.5 Å². The standard InChI is InChI=1S/C30H33N5O6/c31-35-33-18-23-9-4-5-10-26(23)27-30(17-21-7-2-1-3-8-21,29(39)32-19-24(38)20-37)34-28(41-27)22-11-13-25(14-12-22)40-16-6-15-36/h1-5,7-14,24,27,36-38H,6,15-20H2,(H,32,39)/t24?,27-,30-/m0/s1. The Morgan fingerprint density at radius 2 is 1.83 bits per heavy atom. The van der Waals surface area contributed by atoms with E-state index in [1.165, 1.54) is 0 Å². The molecule has 214 valence electrons. The molecule has 0 fully saturated rings. The highest BCUT2D eigenvalue weighted by molar-refractivity contribution is 6.01. The summed E-state index contributed by atoms with van der Waals surface area (Å²) in [7, 11) is 0. The number of aliphatic hydroxyl groups excluding tert-OH is 3. The molecule has 1 aliphatic rings. The molecule has 1 unspecified atom stereocenters. The SMILES string of the molecule is [N-]=[N+]=NCc1ccccc1[C@@H]1OC(c2ccc(OCCCO)cc2)=N[C@]1(Cc1ccccc1)C(=O)NCC(O)CO. The second-order valence-corrected chi connectivity index (χ2v) is 9.59. The predicted molar refractivity (Wildman–Crippen MR) is 152 cm³/mol. The van der Waals surface area contributed by atoms with E-state index < -0.39 is 30.3 Å². The zero-order chi connectivity index (χ0) is 29.1. The fourth-order valence-corrected chi connectivity index (χ4v) is 4.64. The molecule has 41 heavy (non-hydrogen) atoms. The van der Waals surface area contributed by atoms with E-state index in [0.717, 1.165) is 5.56 Å². The van der Waals surface area contributed by atoms with Crippen LogP contribution in [-0.4, -0.2) is 65.1 Å². The lowest BCUT2D eigenvalue weighted by atomic mass is 9.80. The van der Waals surface area contributed by atoms with Crippen molar-refractivity contribution in [3.63, 3.8) is 0 Å². The third-order valence-corrected chi connectivity index (χ3v) is 6.70. The number of carbonyl (C=O) groups excluding carboxylic acids is 1. The van der Waals surface area contributed by atoms with E-state index in [1.807, 2.05) is 54.6 Å². The molecule has 1 heterocycles. The average Bonchev–Trinajstić information content (AvgIpc) is 3.39. The molecule has 4 N–H and O–H groups in total. The molecule has 0 aromatic heterocycles. The second-order valence-electron chi connectivity index (χ2n) is 9.59. The largest absolute Gasteiger partial charge is 0.494 e. The Kier molecular flexibility index (Phi) is 10.3. The first kappa shape index (κ1) is 29.6. The first-order valence-electron chi connectivity index (χ1n) is 13.3. The summed E-state index contributed by atoms with van der Waals surface area (Å²) in [5.74, 6) is 0.365. The third-order valence-electron chi connectivity index (χ3n) is 6.70. The van der Waals surface area contributed by atoms with Crippen molar-refractivity contribution < 1.29 is 29.6 Å².